The van der Waals surface area contributed by atoms with Crippen LogP contribution in [0, 0.1) is 5.41 Å². The normalized spacial score (nSPS) is 23.5. The lowest BCUT2D eigenvalue weighted by Crippen LogP contribution is -2.56. The molecule has 1 aliphatic carbocycles. The third-order valence-corrected chi connectivity index (χ3v) is 8.35. The summed E-state index contributed by atoms with van der Waals surface area (Å²) in [7, 11) is 0. The SMILES string of the molecule is CCCCC=CCCCCCCCCC(C)NC(=O)NC1CCCC1OC(=O)CCNC(=O)C1OC(C)(C)OCC1(C)C. The van der Waals surface area contributed by atoms with Gasteiger partial charge in [-0.2, -0.15) is 0 Å². The predicted molar refractivity (Wildman–Crippen MR) is 171 cm³/mol. The van der Waals surface area contributed by atoms with E-state index in [4.69, 9.17) is 14.2 Å². The molecule has 1 aliphatic heterocycles. The molecule has 9 heteroatoms. The van der Waals surface area contributed by atoms with Crippen LogP contribution in [0.2, 0.25) is 0 Å². The van der Waals surface area contributed by atoms with Gasteiger partial charge < -0.3 is 30.2 Å². The van der Waals surface area contributed by atoms with Gasteiger partial charge in [0.2, 0.25) is 5.91 Å². The number of carbonyl (C=O) groups is 3. The van der Waals surface area contributed by atoms with Crippen LogP contribution in [0.5, 0.6) is 0 Å². The Morgan fingerprint density at radius 2 is 1.63 bits per heavy atom. The number of rotatable bonds is 19. The standard InChI is InChI=1S/C34H61N3O6/c1-7-8-9-10-11-12-13-14-15-16-17-18-20-26(2)36-32(40)37-27-21-19-22-28(27)42-29(38)23-24-35-31(39)30-33(3,4)25-41-34(5,6)43-30/h10-11,26-28,30H,7-9,12-25H2,1-6H3,(H,35,39)(H2,36,37,40). The molecule has 4 atom stereocenters. The van der Waals surface area contributed by atoms with Crippen molar-refractivity contribution < 1.29 is 28.6 Å². The maximum atomic E-state index is 12.8. The third-order valence-electron chi connectivity index (χ3n) is 8.35. The van der Waals surface area contributed by atoms with Gasteiger partial charge in [0.05, 0.1) is 19.1 Å². The summed E-state index contributed by atoms with van der Waals surface area (Å²) in [5.74, 6) is -1.49. The summed E-state index contributed by atoms with van der Waals surface area (Å²) in [5.41, 5.74) is -0.480. The fraction of sp³-hybridized carbons (Fsp3) is 0.853. The average Bonchev–Trinajstić information content (AvgIpc) is 3.36. The van der Waals surface area contributed by atoms with Crippen molar-refractivity contribution in [2.24, 2.45) is 5.41 Å². The van der Waals surface area contributed by atoms with E-state index in [0.717, 1.165) is 25.7 Å². The first-order valence-corrected chi connectivity index (χ1v) is 16.9. The van der Waals surface area contributed by atoms with Crippen LogP contribution < -0.4 is 16.0 Å². The van der Waals surface area contributed by atoms with Gasteiger partial charge in [-0.15, -0.1) is 0 Å². The van der Waals surface area contributed by atoms with Crippen molar-refractivity contribution in [2.45, 2.75) is 168 Å². The Hall–Kier alpha value is -2.13. The number of hydrogen-bond acceptors (Lipinski definition) is 6. The second-order valence-electron chi connectivity index (χ2n) is 13.6. The topological polar surface area (TPSA) is 115 Å². The summed E-state index contributed by atoms with van der Waals surface area (Å²) in [6.07, 6.45) is 19.4. The van der Waals surface area contributed by atoms with E-state index in [2.05, 4.69) is 35.0 Å². The van der Waals surface area contributed by atoms with Crippen LogP contribution >= 0.6 is 0 Å². The molecule has 0 radical (unpaired) electrons. The average molecular weight is 608 g/mol. The first kappa shape index (κ1) is 37.1. The van der Waals surface area contributed by atoms with Crippen LogP contribution in [0.4, 0.5) is 4.79 Å². The Morgan fingerprint density at radius 3 is 2.35 bits per heavy atom. The van der Waals surface area contributed by atoms with E-state index in [1.807, 2.05) is 20.8 Å². The molecule has 2 fully saturated rings. The first-order valence-electron chi connectivity index (χ1n) is 16.9. The lowest BCUT2D eigenvalue weighted by atomic mass is 9.85. The van der Waals surface area contributed by atoms with Gasteiger partial charge in [-0.05, 0) is 65.7 Å². The van der Waals surface area contributed by atoms with Gasteiger partial charge in [-0.3, -0.25) is 9.59 Å². The highest BCUT2D eigenvalue weighted by Crippen LogP contribution is 2.34. The largest absolute Gasteiger partial charge is 0.460 e. The molecule has 0 bridgehead atoms. The van der Waals surface area contributed by atoms with Gasteiger partial charge in [0.15, 0.2) is 5.79 Å². The number of allylic oxidation sites excluding steroid dienone is 2. The Kier molecular flexibility index (Phi) is 16.6. The Morgan fingerprint density at radius 1 is 0.953 bits per heavy atom. The van der Waals surface area contributed by atoms with Crippen LogP contribution in [0.25, 0.3) is 0 Å². The van der Waals surface area contributed by atoms with Crippen LogP contribution in [0.1, 0.15) is 138 Å². The Labute approximate surface area is 261 Å². The van der Waals surface area contributed by atoms with Gasteiger partial charge in [0.25, 0.3) is 0 Å². The molecular weight excluding hydrogens is 546 g/mol. The van der Waals surface area contributed by atoms with Crippen LogP contribution in [0.15, 0.2) is 12.2 Å². The molecule has 0 aromatic carbocycles. The number of unbranched alkanes of at least 4 members (excludes halogenated alkanes) is 8. The first-order chi connectivity index (χ1) is 20.4. The van der Waals surface area contributed by atoms with Crippen molar-refractivity contribution in [3.05, 3.63) is 12.2 Å². The number of urea groups is 1. The molecule has 2 aliphatic rings. The van der Waals surface area contributed by atoms with Crippen molar-refractivity contribution in [1.29, 1.82) is 0 Å². The van der Waals surface area contributed by atoms with Gasteiger partial charge in [-0.1, -0.05) is 77.9 Å². The molecule has 43 heavy (non-hydrogen) atoms. The summed E-state index contributed by atoms with van der Waals surface area (Å²) in [4.78, 5) is 37.9. The quantitative estimate of drug-likeness (QED) is 0.0856. The summed E-state index contributed by atoms with van der Waals surface area (Å²) >= 11 is 0. The molecule has 3 N–H and O–H groups in total. The highest BCUT2D eigenvalue weighted by atomic mass is 16.7. The smallest absolute Gasteiger partial charge is 0.315 e. The van der Waals surface area contributed by atoms with Gasteiger partial charge >= 0.3 is 12.0 Å². The lowest BCUT2D eigenvalue weighted by Gasteiger charge is -2.44. The highest BCUT2D eigenvalue weighted by molar-refractivity contribution is 5.82. The van der Waals surface area contributed by atoms with Crippen LogP contribution in [-0.4, -0.2) is 61.1 Å². The van der Waals surface area contributed by atoms with E-state index < -0.39 is 17.3 Å². The molecule has 0 spiro atoms. The van der Waals surface area contributed by atoms with Crippen LogP contribution in [-0.2, 0) is 23.8 Å². The fourth-order valence-electron chi connectivity index (χ4n) is 5.65. The Balaban J connectivity index is 1.57. The predicted octanol–water partition coefficient (Wildman–Crippen LogP) is 6.69. The van der Waals surface area contributed by atoms with E-state index in [-0.39, 0.29) is 49.1 Å². The monoisotopic (exact) mass is 607 g/mol. The molecule has 248 valence electrons. The minimum Gasteiger partial charge on any atom is -0.460 e. The number of carbonyl (C=O) groups excluding carboxylic acids is 3. The van der Waals surface area contributed by atoms with E-state index >= 15 is 0 Å². The molecule has 1 saturated heterocycles. The fourth-order valence-corrected chi connectivity index (χ4v) is 5.65. The zero-order valence-electron chi connectivity index (χ0n) is 27.9. The number of nitrogens with one attached hydrogen (secondary N) is 3. The second-order valence-corrected chi connectivity index (χ2v) is 13.6. The molecular formula is C34H61N3O6. The maximum Gasteiger partial charge on any atom is 0.315 e. The van der Waals surface area contributed by atoms with Gasteiger partial charge in [-0.25, -0.2) is 4.79 Å². The van der Waals surface area contributed by atoms with E-state index in [0.29, 0.717) is 13.0 Å². The van der Waals surface area contributed by atoms with Gasteiger partial charge in [0, 0.05) is 18.0 Å². The lowest BCUT2D eigenvalue weighted by molar-refractivity contribution is -0.304. The molecule has 0 aromatic rings. The number of hydrogen-bond donors (Lipinski definition) is 3. The Bertz CT molecular complexity index is 874. The summed E-state index contributed by atoms with van der Waals surface area (Å²) in [6.45, 7) is 12.2. The number of ether oxygens (including phenoxy) is 3. The molecule has 0 aromatic heterocycles. The van der Waals surface area contributed by atoms with E-state index in [9.17, 15) is 14.4 Å². The number of esters is 1. The summed E-state index contributed by atoms with van der Waals surface area (Å²) < 4.78 is 17.2. The molecule has 2 rings (SSSR count). The molecule has 4 unspecified atom stereocenters. The summed E-state index contributed by atoms with van der Waals surface area (Å²) in [6, 6.07) is -0.317. The summed E-state index contributed by atoms with van der Waals surface area (Å²) in [5, 5.41) is 8.87. The minimum absolute atomic E-state index is 0.0569. The van der Waals surface area contributed by atoms with Crippen molar-refractivity contribution in [1.82, 2.24) is 16.0 Å². The molecule has 1 heterocycles. The van der Waals surface area contributed by atoms with Crippen molar-refractivity contribution in [3.8, 4) is 0 Å². The minimum atomic E-state index is -0.838. The zero-order chi connectivity index (χ0) is 31.7. The third kappa shape index (κ3) is 14.9. The van der Waals surface area contributed by atoms with E-state index in [1.54, 1.807) is 13.8 Å². The zero-order valence-corrected chi connectivity index (χ0v) is 27.9. The van der Waals surface area contributed by atoms with Crippen molar-refractivity contribution in [3.63, 3.8) is 0 Å². The molecule has 3 amide bonds. The highest BCUT2D eigenvalue weighted by Gasteiger charge is 2.45. The second kappa shape index (κ2) is 19.3. The van der Waals surface area contributed by atoms with Gasteiger partial charge in [0.1, 0.15) is 12.2 Å². The molecule has 1 saturated carbocycles. The van der Waals surface area contributed by atoms with Crippen LogP contribution in [0.3, 0.4) is 0 Å². The molecule has 9 nitrogen and oxygen atoms in total. The number of amides is 3. The van der Waals surface area contributed by atoms with Crippen molar-refractivity contribution >= 4 is 17.9 Å². The van der Waals surface area contributed by atoms with Crippen molar-refractivity contribution in [2.75, 3.05) is 13.2 Å². The maximum absolute atomic E-state index is 12.8. The van der Waals surface area contributed by atoms with E-state index in [1.165, 1.54) is 57.8 Å².